The van der Waals surface area contributed by atoms with Gasteiger partial charge in [-0.1, -0.05) is 116 Å². The number of rotatable bonds is 11. The minimum atomic E-state index is -3.70. The van der Waals surface area contributed by atoms with Crippen molar-refractivity contribution in [3.8, 4) is 0 Å². The largest absolute Gasteiger partial charge is 0.461 e. The van der Waals surface area contributed by atoms with Crippen LogP contribution in [0.15, 0.2) is 77.2 Å². The fourth-order valence-electron chi connectivity index (χ4n) is 13.5. The van der Waals surface area contributed by atoms with Crippen LogP contribution in [0.3, 0.4) is 0 Å². The average molecular weight is 788 g/mol. The third-order valence-electron chi connectivity index (χ3n) is 16.7. The molecular formula is C48H69NO6S. The van der Waals surface area contributed by atoms with Crippen LogP contribution in [0, 0.1) is 62.6 Å². The molecule has 1 heterocycles. The van der Waals surface area contributed by atoms with Gasteiger partial charge in [-0.05, 0) is 116 Å². The van der Waals surface area contributed by atoms with E-state index in [0.29, 0.717) is 36.9 Å². The highest BCUT2D eigenvalue weighted by atomic mass is 32.2. The maximum Gasteiger partial charge on any atom is 0.310 e. The second-order valence-corrected chi connectivity index (χ2v) is 22.5. The number of sulfonamides is 1. The van der Waals surface area contributed by atoms with Crippen molar-refractivity contribution in [2.75, 3.05) is 19.8 Å². The molecular weight excluding hydrogens is 719 g/mol. The molecule has 0 radical (unpaired) electrons. The van der Waals surface area contributed by atoms with E-state index in [2.05, 4.69) is 66.2 Å². The normalized spacial score (nSPS) is 38.8. The maximum atomic E-state index is 14.8. The zero-order chi connectivity index (χ0) is 40.5. The van der Waals surface area contributed by atoms with Crippen molar-refractivity contribution in [1.29, 1.82) is 0 Å². The fraction of sp³-hybridized carbons (Fsp3) is 0.688. The second-order valence-electron chi connectivity index (χ2n) is 20.8. The van der Waals surface area contributed by atoms with Gasteiger partial charge in [0.15, 0.2) is 0 Å². The van der Waals surface area contributed by atoms with Crippen LogP contribution in [0.4, 0.5) is 0 Å². The molecule has 5 aliphatic rings. The van der Waals surface area contributed by atoms with Crippen LogP contribution in [0.2, 0.25) is 0 Å². The van der Waals surface area contributed by atoms with E-state index in [9.17, 15) is 13.2 Å². The summed E-state index contributed by atoms with van der Waals surface area (Å²) >= 11 is 0. The quantitative estimate of drug-likeness (QED) is 0.180. The molecule has 1 N–H and O–H groups in total. The Bertz CT molecular complexity index is 1900. The molecule has 7 rings (SSSR count). The standard InChI is InChI=1S/C48H69NO6S/c1-32(2)34(4)44(7)25-26-46(9)37-21-22-39-45(8)30-53-31-48(39,38(37)23-24-47(46,10)40(44)42(50)54-28-35-17-13-11-14-18-35)27-33(3)41(45)55-29-43(5,6)49-56(51,52)36-19-15-12-16-20-36/h11-20,23,32-34,37,39-41,49H,21-22,24-31H2,1-10H3/t33-,34-,37+,39+,40-,41+,44-,45+,46-,47+,48+/m1/s1. The van der Waals surface area contributed by atoms with Crippen molar-refractivity contribution >= 4 is 16.0 Å². The molecule has 0 amide bonds. The van der Waals surface area contributed by atoms with Crippen LogP contribution in [0.5, 0.6) is 0 Å². The first-order chi connectivity index (χ1) is 26.2. The molecule has 0 aromatic heterocycles. The summed E-state index contributed by atoms with van der Waals surface area (Å²) in [5.41, 5.74) is 0.968. The van der Waals surface area contributed by atoms with E-state index >= 15 is 0 Å². The molecule has 308 valence electrons. The van der Waals surface area contributed by atoms with E-state index in [4.69, 9.17) is 14.2 Å². The zero-order valence-electron chi connectivity index (χ0n) is 35.8. The van der Waals surface area contributed by atoms with Gasteiger partial charge < -0.3 is 14.2 Å². The third-order valence-corrected chi connectivity index (χ3v) is 18.4. The molecule has 0 unspecified atom stereocenters. The summed E-state index contributed by atoms with van der Waals surface area (Å²) in [6, 6.07) is 18.7. The van der Waals surface area contributed by atoms with Crippen molar-refractivity contribution in [2.24, 2.45) is 62.6 Å². The van der Waals surface area contributed by atoms with Crippen molar-refractivity contribution in [3.05, 3.63) is 77.9 Å². The highest BCUT2D eigenvalue weighted by Crippen LogP contribution is 2.75. The lowest BCUT2D eigenvalue weighted by Gasteiger charge is -2.71. The Balaban J connectivity index is 1.17. The Labute approximate surface area is 338 Å². The molecule has 3 saturated carbocycles. The first kappa shape index (κ1) is 41.6. The van der Waals surface area contributed by atoms with Crippen molar-refractivity contribution in [3.63, 3.8) is 0 Å². The number of carbonyl (C=O) groups excluding carboxylic acids is 1. The predicted octanol–water partition coefficient (Wildman–Crippen LogP) is 10.0. The Morgan fingerprint density at radius 2 is 1.59 bits per heavy atom. The van der Waals surface area contributed by atoms with Gasteiger partial charge in [0.2, 0.25) is 10.0 Å². The molecule has 2 aromatic carbocycles. The summed E-state index contributed by atoms with van der Waals surface area (Å²) in [5.74, 6) is 1.57. The monoisotopic (exact) mass is 787 g/mol. The summed E-state index contributed by atoms with van der Waals surface area (Å²) in [4.78, 5) is 15.0. The van der Waals surface area contributed by atoms with E-state index in [1.165, 1.54) is 0 Å². The minimum Gasteiger partial charge on any atom is -0.461 e. The lowest BCUT2D eigenvalue weighted by atomic mass is 9.34. The number of esters is 1. The molecule has 2 bridgehead atoms. The molecule has 1 aliphatic heterocycles. The number of fused-ring (bicyclic) bond motifs is 3. The van der Waals surface area contributed by atoms with Gasteiger partial charge in [-0.2, -0.15) is 0 Å². The smallest absolute Gasteiger partial charge is 0.310 e. The van der Waals surface area contributed by atoms with Gasteiger partial charge in [0, 0.05) is 10.8 Å². The summed E-state index contributed by atoms with van der Waals surface area (Å²) < 4.78 is 49.5. The number of ether oxygens (including phenoxy) is 3. The summed E-state index contributed by atoms with van der Waals surface area (Å²) in [5, 5.41) is 0. The SMILES string of the molecule is CC(C)[C@@H](C)[C@@]1(C)CC[C@]2(C)[C@H]3CC[C@@H]4[C@@]5(COC[C@]4(C)[C@@H](OCC(C)(C)NS(=O)(=O)c4ccccc4)[C@H](C)C5)C3=CC[C@@]2(C)[C@@H]1C(=O)OCc1ccccc1. The van der Waals surface area contributed by atoms with Crippen LogP contribution >= 0.6 is 0 Å². The highest BCUT2D eigenvalue weighted by molar-refractivity contribution is 7.89. The van der Waals surface area contributed by atoms with Gasteiger partial charge in [0.25, 0.3) is 0 Å². The topological polar surface area (TPSA) is 90.9 Å². The predicted molar refractivity (Wildman–Crippen MR) is 222 cm³/mol. The molecule has 8 heteroatoms. The second kappa shape index (κ2) is 14.6. The molecule has 0 spiro atoms. The van der Waals surface area contributed by atoms with Crippen molar-refractivity contribution < 1.29 is 27.4 Å². The molecule has 56 heavy (non-hydrogen) atoms. The van der Waals surface area contributed by atoms with Crippen molar-refractivity contribution in [2.45, 2.75) is 131 Å². The number of allylic oxidation sites excluding steroid dienone is 1. The Hall–Kier alpha value is -2.52. The minimum absolute atomic E-state index is 0.0326. The number of carbonyl (C=O) groups is 1. The number of nitrogens with one attached hydrogen (secondary N) is 1. The summed E-state index contributed by atoms with van der Waals surface area (Å²) in [6.45, 7) is 24.8. The number of benzene rings is 2. The Kier molecular flexibility index (Phi) is 10.9. The lowest BCUT2D eigenvalue weighted by molar-refractivity contribution is -0.252. The molecule has 1 saturated heterocycles. The van der Waals surface area contributed by atoms with E-state index in [1.54, 1.807) is 29.8 Å². The molecule has 4 aliphatic carbocycles. The van der Waals surface area contributed by atoms with E-state index in [0.717, 1.165) is 50.7 Å². The van der Waals surface area contributed by atoms with Crippen molar-refractivity contribution in [1.82, 2.24) is 4.72 Å². The zero-order valence-corrected chi connectivity index (χ0v) is 36.6. The Morgan fingerprint density at radius 1 is 0.929 bits per heavy atom. The van der Waals surface area contributed by atoms with Gasteiger partial charge in [-0.15, -0.1) is 0 Å². The highest BCUT2D eigenvalue weighted by Gasteiger charge is 2.71. The Morgan fingerprint density at radius 3 is 2.25 bits per heavy atom. The first-order valence-corrected chi connectivity index (χ1v) is 22.9. The summed E-state index contributed by atoms with van der Waals surface area (Å²) in [6.07, 6.45) is 8.64. The van der Waals surface area contributed by atoms with Crippen LogP contribution in [0.1, 0.15) is 113 Å². The fourth-order valence-corrected chi connectivity index (χ4v) is 14.9. The van der Waals surface area contributed by atoms with Crippen LogP contribution in [-0.2, 0) is 35.6 Å². The number of hydrogen-bond donors (Lipinski definition) is 1. The molecule has 7 nitrogen and oxygen atoms in total. The molecule has 11 atom stereocenters. The van der Waals surface area contributed by atoms with Gasteiger partial charge in [0.05, 0.1) is 42.3 Å². The van der Waals surface area contributed by atoms with Crippen LogP contribution in [0.25, 0.3) is 0 Å². The third kappa shape index (κ3) is 6.65. The average Bonchev–Trinajstić information content (AvgIpc) is 3.14. The van der Waals surface area contributed by atoms with Gasteiger partial charge in [-0.25, -0.2) is 13.1 Å². The lowest BCUT2D eigenvalue weighted by Crippen LogP contribution is -2.69. The number of hydrogen-bond acceptors (Lipinski definition) is 6. The summed E-state index contributed by atoms with van der Waals surface area (Å²) in [7, 11) is -3.70. The van der Waals surface area contributed by atoms with Crippen LogP contribution in [-0.4, -0.2) is 45.9 Å². The first-order valence-electron chi connectivity index (χ1n) is 21.4. The van der Waals surface area contributed by atoms with Gasteiger partial charge in [-0.3, -0.25) is 4.79 Å². The van der Waals surface area contributed by atoms with E-state index in [-0.39, 0.29) is 62.5 Å². The molecule has 4 fully saturated rings. The van der Waals surface area contributed by atoms with E-state index in [1.807, 2.05) is 50.2 Å². The molecule has 2 aromatic rings. The van der Waals surface area contributed by atoms with Crippen LogP contribution < -0.4 is 4.72 Å². The van der Waals surface area contributed by atoms with Gasteiger partial charge in [0.1, 0.15) is 6.61 Å². The van der Waals surface area contributed by atoms with Gasteiger partial charge >= 0.3 is 5.97 Å². The maximum absolute atomic E-state index is 14.8. The van der Waals surface area contributed by atoms with E-state index < -0.39 is 15.6 Å².